The summed E-state index contributed by atoms with van der Waals surface area (Å²) in [6, 6.07) is 3.62. The summed E-state index contributed by atoms with van der Waals surface area (Å²) in [6.07, 6.45) is 4.63. The molecule has 0 aliphatic rings. The second kappa shape index (κ2) is 8.53. The largest absolute Gasteiger partial charge is 0.396 e. The number of rotatable bonds is 8. The van der Waals surface area contributed by atoms with Crippen LogP contribution in [-0.4, -0.2) is 48.1 Å². The highest BCUT2D eigenvalue weighted by molar-refractivity contribution is 5.92. The molecule has 0 bridgehead atoms. The number of aliphatic hydroxyl groups is 1. The summed E-state index contributed by atoms with van der Waals surface area (Å²) < 4.78 is 0. The van der Waals surface area contributed by atoms with E-state index in [1.54, 1.807) is 26.4 Å². The van der Waals surface area contributed by atoms with Gasteiger partial charge in [0, 0.05) is 39.1 Å². The first-order valence-electron chi connectivity index (χ1n) is 7.10. The Morgan fingerprint density at radius 2 is 2.20 bits per heavy atom. The molecule has 20 heavy (non-hydrogen) atoms. The molecule has 0 aromatic carbocycles. The van der Waals surface area contributed by atoms with Crippen LogP contribution in [0.25, 0.3) is 0 Å². The van der Waals surface area contributed by atoms with Gasteiger partial charge in [0.1, 0.15) is 5.69 Å². The van der Waals surface area contributed by atoms with Crippen LogP contribution in [0.4, 0.5) is 5.69 Å². The minimum Gasteiger partial charge on any atom is -0.396 e. The Hall–Kier alpha value is -1.62. The molecule has 0 spiro atoms. The Kier molecular flexibility index (Phi) is 7.01. The predicted molar refractivity (Wildman–Crippen MR) is 80.8 cm³/mol. The Balaban J connectivity index is 2.63. The summed E-state index contributed by atoms with van der Waals surface area (Å²) in [5.74, 6) is 0.347. The normalized spacial score (nSPS) is 12.0. The zero-order chi connectivity index (χ0) is 15.0. The number of pyridine rings is 1. The number of amides is 1. The van der Waals surface area contributed by atoms with Gasteiger partial charge in [-0.1, -0.05) is 13.3 Å². The Morgan fingerprint density at radius 1 is 1.45 bits per heavy atom. The molecule has 2 N–H and O–H groups in total. The molecule has 1 atom stereocenters. The van der Waals surface area contributed by atoms with Crippen molar-refractivity contribution in [3.8, 4) is 0 Å². The molecular weight excluding hydrogens is 254 g/mol. The standard InChI is InChI=1S/C15H25N3O2/c1-4-5-12(7-9-19)11-17-13-6-8-16-14(10-13)15(20)18(2)3/h6,8,10,12,19H,4-5,7,9,11H2,1-3H3,(H,16,17). The van der Waals surface area contributed by atoms with Gasteiger partial charge in [0.25, 0.3) is 5.91 Å². The molecule has 1 amide bonds. The molecule has 5 heteroatoms. The number of hydrogen-bond donors (Lipinski definition) is 2. The van der Waals surface area contributed by atoms with E-state index in [9.17, 15) is 4.79 Å². The summed E-state index contributed by atoms with van der Waals surface area (Å²) in [7, 11) is 3.42. The van der Waals surface area contributed by atoms with Crippen LogP contribution in [0.15, 0.2) is 18.3 Å². The van der Waals surface area contributed by atoms with Gasteiger partial charge in [-0.25, -0.2) is 0 Å². The van der Waals surface area contributed by atoms with Crippen LogP contribution < -0.4 is 5.32 Å². The molecule has 1 aromatic rings. The average Bonchev–Trinajstić information content (AvgIpc) is 2.44. The van der Waals surface area contributed by atoms with Crippen molar-refractivity contribution < 1.29 is 9.90 Å². The monoisotopic (exact) mass is 279 g/mol. The molecule has 1 heterocycles. The van der Waals surface area contributed by atoms with Gasteiger partial charge in [0.2, 0.25) is 0 Å². The smallest absolute Gasteiger partial charge is 0.272 e. The SMILES string of the molecule is CCCC(CCO)CNc1ccnc(C(=O)N(C)C)c1. The summed E-state index contributed by atoms with van der Waals surface area (Å²) in [4.78, 5) is 17.4. The first-order chi connectivity index (χ1) is 9.58. The quantitative estimate of drug-likeness (QED) is 0.764. The number of aromatic nitrogens is 1. The van der Waals surface area contributed by atoms with Gasteiger partial charge < -0.3 is 15.3 Å². The van der Waals surface area contributed by atoms with Crippen LogP contribution in [0.5, 0.6) is 0 Å². The summed E-state index contributed by atoms with van der Waals surface area (Å²) >= 11 is 0. The Labute approximate surface area is 121 Å². The van der Waals surface area contributed by atoms with Crippen molar-refractivity contribution >= 4 is 11.6 Å². The van der Waals surface area contributed by atoms with Crippen LogP contribution >= 0.6 is 0 Å². The number of aliphatic hydroxyl groups excluding tert-OH is 1. The maximum atomic E-state index is 11.8. The number of carbonyl (C=O) groups excluding carboxylic acids is 1. The lowest BCUT2D eigenvalue weighted by atomic mass is 10.0. The third kappa shape index (κ3) is 5.17. The molecule has 0 radical (unpaired) electrons. The molecule has 1 unspecified atom stereocenters. The van der Waals surface area contributed by atoms with Gasteiger partial charge in [0.15, 0.2) is 0 Å². The molecule has 5 nitrogen and oxygen atoms in total. The maximum Gasteiger partial charge on any atom is 0.272 e. The highest BCUT2D eigenvalue weighted by Crippen LogP contribution is 2.14. The number of hydrogen-bond acceptors (Lipinski definition) is 4. The molecule has 112 valence electrons. The number of carbonyl (C=O) groups is 1. The van der Waals surface area contributed by atoms with E-state index < -0.39 is 0 Å². The van der Waals surface area contributed by atoms with E-state index in [1.807, 2.05) is 6.07 Å². The van der Waals surface area contributed by atoms with E-state index in [4.69, 9.17) is 5.11 Å². The zero-order valence-corrected chi connectivity index (χ0v) is 12.6. The lowest BCUT2D eigenvalue weighted by molar-refractivity contribution is 0.0822. The van der Waals surface area contributed by atoms with Gasteiger partial charge in [-0.2, -0.15) is 0 Å². The minimum absolute atomic E-state index is 0.103. The maximum absolute atomic E-state index is 11.8. The molecule has 0 saturated heterocycles. The predicted octanol–water partition coefficient (Wildman–Crippen LogP) is 1.99. The van der Waals surface area contributed by atoms with E-state index >= 15 is 0 Å². The molecule has 0 fully saturated rings. The first-order valence-corrected chi connectivity index (χ1v) is 7.10. The van der Waals surface area contributed by atoms with E-state index in [-0.39, 0.29) is 12.5 Å². The molecular formula is C15H25N3O2. The van der Waals surface area contributed by atoms with Crippen LogP contribution in [0.1, 0.15) is 36.7 Å². The van der Waals surface area contributed by atoms with Crippen molar-refractivity contribution in [2.45, 2.75) is 26.2 Å². The lowest BCUT2D eigenvalue weighted by Crippen LogP contribution is -2.23. The van der Waals surface area contributed by atoms with Crippen molar-refractivity contribution in [3.05, 3.63) is 24.0 Å². The fourth-order valence-corrected chi connectivity index (χ4v) is 2.09. The Morgan fingerprint density at radius 3 is 2.80 bits per heavy atom. The summed E-state index contributed by atoms with van der Waals surface area (Å²) in [5, 5.41) is 12.4. The summed E-state index contributed by atoms with van der Waals surface area (Å²) in [5.41, 5.74) is 1.33. The van der Waals surface area contributed by atoms with Gasteiger partial charge >= 0.3 is 0 Å². The molecule has 0 aliphatic heterocycles. The Bertz CT molecular complexity index is 415. The third-order valence-electron chi connectivity index (χ3n) is 3.21. The van der Waals surface area contributed by atoms with E-state index in [2.05, 4.69) is 17.2 Å². The van der Waals surface area contributed by atoms with Crippen LogP contribution in [0.3, 0.4) is 0 Å². The first kappa shape index (κ1) is 16.4. The zero-order valence-electron chi connectivity index (χ0n) is 12.6. The van der Waals surface area contributed by atoms with Crippen LogP contribution in [0, 0.1) is 5.92 Å². The number of nitrogens with one attached hydrogen (secondary N) is 1. The van der Waals surface area contributed by atoms with E-state index in [0.29, 0.717) is 11.6 Å². The minimum atomic E-state index is -0.103. The van der Waals surface area contributed by atoms with Crippen LogP contribution in [-0.2, 0) is 0 Å². The van der Waals surface area contributed by atoms with Crippen LogP contribution in [0.2, 0.25) is 0 Å². The number of nitrogens with zero attached hydrogens (tertiary/aromatic N) is 2. The van der Waals surface area contributed by atoms with Crippen molar-refractivity contribution in [2.75, 3.05) is 32.6 Å². The van der Waals surface area contributed by atoms with Crippen molar-refractivity contribution in [3.63, 3.8) is 0 Å². The fraction of sp³-hybridized carbons (Fsp3) is 0.600. The fourth-order valence-electron chi connectivity index (χ4n) is 2.09. The van der Waals surface area contributed by atoms with Crippen molar-refractivity contribution in [1.29, 1.82) is 0 Å². The topological polar surface area (TPSA) is 65.5 Å². The van der Waals surface area contributed by atoms with Gasteiger partial charge in [-0.05, 0) is 30.9 Å². The van der Waals surface area contributed by atoms with Gasteiger partial charge in [-0.15, -0.1) is 0 Å². The molecule has 1 rings (SSSR count). The molecule has 1 aromatic heterocycles. The van der Waals surface area contributed by atoms with Crippen molar-refractivity contribution in [1.82, 2.24) is 9.88 Å². The van der Waals surface area contributed by atoms with Crippen molar-refractivity contribution in [2.24, 2.45) is 5.92 Å². The third-order valence-corrected chi connectivity index (χ3v) is 3.21. The number of anilines is 1. The van der Waals surface area contributed by atoms with E-state index in [1.165, 1.54) is 4.90 Å². The highest BCUT2D eigenvalue weighted by atomic mass is 16.3. The molecule has 0 saturated carbocycles. The van der Waals surface area contributed by atoms with Gasteiger partial charge in [-0.3, -0.25) is 9.78 Å². The summed E-state index contributed by atoms with van der Waals surface area (Å²) in [6.45, 7) is 3.16. The lowest BCUT2D eigenvalue weighted by Gasteiger charge is -2.17. The second-order valence-corrected chi connectivity index (χ2v) is 5.18. The highest BCUT2D eigenvalue weighted by Gasteiger charge is 2.11. The average molecular weight is 279 g/mol. The van der Waals surface area contributed by atoms with Gasteiger partial charge in [0.05, 0.1) is 0 Å². The molecule has 0 aliphatic carbocycles. The second-order valence-electron chi connectivity index (χ2n) is 5.18. The van der Waals surface area contributed by atoms with E-state index in [0.717, 1.165) is 31.5 Å².